The van der Waals surface area contributed by atoms with Crippen LogP contribution in [0.2, 0.25) is 0 Å². The Morgan fingerprint density at radius 2 is 1.68 bits per heavy atom. The third-order valence-corrected chi connectivity index (χ3v) is 5.53. The molecule has 0 saturated carbocycles. The Morgan fingerprint density at radius 1 is 0.964 bits per heavy atom. The van der Waals surface area contributed by atoms with Gasteiger partial charge in [0.25, 0.3) is 0 Å². The third-order valence-electron chi connectivity index (χ3n) is 5.53. The van der Waals surface area contributed by atoms with Crippen molar-refractivity contribution in [3.8, 4) is 17.3 Å². The average Bonchev–Trinajstić information content (AvgIpc) is 3.00. The zero-order valence-electron chi connectivity index (χ0n) is 17.3. The Hall–Kier alpha value is -3.12. The average molecular weight is 369 g/mol. The van der Waals surface area contributed by atoms with Crippen molar-refractivity contribution in [3.05, 3.63) is 64.8 Å². The van der Waals surface area contributed by atoms with Crippen molar-refractivity contribution in [2.24, 2.45) is 7.05 Å². The largest absolute Gasteiger partial charge is 0.454 e. The molecule has 0 aliphatic carbocycles. The molecule has 0 amide bonds. The van der Waals surface area contributed by atoms with E-state index in [9.17, 15) is 5.26 Å². The van der Waals surface area contributed by atoms with Gasteiger partial charge in [-0.1, -0.05) is 45.0 Å². The standard InChI is InChI=1S/C25H25N2O/c1-15-10-11-19-18-9-7-8-17(13-26)23(18)28-24(19)22(15)21-12-20(25(3,4)5)16(2)14-27(21)6/h7-12,14H,1-6H3/q+1. The quantitative estimate of drug-likeness (QED) is 0.394. The van der Waals surface area contributed by atoms with Crippen molar-refractivity contribution in [1.29, 1.82) is 5.26 Å². The summed E-state index contributed by atoms with van der Waals surface area (Å²) in [6.07, 6.45) is 2.19. The first-order valence-electron chi connectivity index (χ1n) is 9.58. The SMILES string of the molecule is Cc1c[n+](C)c(-c2c(C)ccc3c2oc2c(C#N)cccc23)cc1C(C)(C)C. The van der Waals surface area contributed by atoms with E-state index >= 15 is 0 Å². The number of benzene rings is 2. The highest BCUT2D eigenvalue weighted by Gasteiger charge is 2.26. The van der Waals surface area contributed by atoms with E-state index in [-0.39, 0.29) is 5.41 Å². The lowest BCUT2D eigenvalue weighted by molar-refractivity contribution is -0.660. The third kappa shape index (κ3) is 2.68. The minimum Gasteiger partial charge on any atom is -0.454 e. The molecule has 0 aliphatic heterocycles. The van der Waals surface area contributed by atoms with Gasteiger partial charge in [0, 0.05) is 22.4 Å². The molecule has 4 aromatic rings. The maximum absolute atomic E-state index is 9.49. The van der Waals surface area contributed by atoms with Gasteiger partial charge in [0.15, 0.2) is 11.8 Å². The van der Waals surface area contributed by atoms with Crippen LogP contribution in [0.25, 0.3) is 33.2 Å². The maximum Gasteiger partial charge on any atom is 0.216 e. The molecule has 0 spiro atoms. The van der Waals surface area contributed by atoms with E-state index in [1.54, 1.807) is 6.07 Å². The summed E-state index contributed by atoms with van der Waals surface area (Å²) in [5.41, 5.74) is 8.10. The monoisotopic (exact) mass is 369 g/mol. The molecule has 0 radical (unpaired) electrons. The van der Waals surface area contributed by atoms with Gasteiger partial charge in [-0.2, -0.15) is 5.26 Å². The number of nitrogens with zero attached hydrogens (tertiary/aromatic N) is 2. The summed E-state index contributed by atoms with van der Waals surface area (Å²) in [6.45, 7) is 11.0. The van der Waals surface area contributed by atoms with Crippen molar-refractivity contribution >= 4 is 21.9 Å². The molecular weight excluding hydrogens is 344 g/mol. The van der Waals surface area contributed by atoms with Crippen LogP contribution in [0.5, 0.6) is 0 Å². The molecule has 140 valence electrons. The molecule has 0 bridgehead atoms. The first-order chi connectivity index (χ1) is 13.2. The van der Waals surface area contributed by atoms with Gasteiger partial charge in [0.1, 0.15) is 18.7 Å². The van der Waals surface area contributed by atoms with E-state index in [1.807, 2.05) is 12.1 Å². The van der Waals surface area contributed by atoms with Crippen molar-refractivity contribution in [2.75, 3.05) is 0 Å². The van der Waals surface area contributed by atoms with Crippen molar-refractivity contribution in [1.82, 2.24) is 0 Å². The molecule has 3 nitrogen and oxygen atoms in total. The molecule has 0 aliphatic rings. The summed E-state index contributed by atoms with van der Waals surface area (Å²) in [5.74, 6) is 0. The van der Waals surface area contributed by atoms with Crippen LogP contribution in [0.4, 0.5) is 0 Å². The van der Waals surface area contributed by atoms with Crippen LogP contribution in [-0.4, -0.2) is 0 Å². The molecule has 3 heteroatoms. The lowest BCUT2D eigenvalue weighted by Gasteiger charge is -2.21. The highest BCUT2D eigenvalue weighted by atomic mass is 16.3. The van der Waals surface area contributed by atoms with Gasteiger partial charge in [-0.05, 0) is 36.5 Å². The van der Waals surface area contributed by atoms with Crippen molar-refractivity contribution < 1.29 is 8.98 Å². The fraction of sp³-hybridized carbons (Fsp3) is 0.280. The number of aryl methyl sites for hydroxylation is 3. The molecule has 2 aromatic carbocycles. The summed E-state index contributed by atoms with van der Waals surface area (Å²) < 4.78 is 8.49. The summed E-state index contributed by atoms with van der Waals surface area (Å²) >= 11 is 0. The Balaban J connectivity index is 2.13. The zero-order chi connectivity index (χ0) is 20.2. The first kappa shape index (κ1) is 18.3. The predicted octanol–water partition coefficient (Wildman–Crippen LogP) is 5.86. The molecule has 0 atom stereocenters. The Kier molecular flexibility index (Phi) is 4.05. The molecular formula is C25H25N2O+. The first-order valence-corrected chi connectivity index (χ1v) is 9.58. The fourth-order valence-electron chi connectivity index (χ4n) is 4.21. The normalized spacial score (nSPS) is 11.9. The number of pyridine rings is 1. The van der Waals surface area contributed by atoms with Crippen LogP contribution in [-0.2, 0) is 12.5 Å². The molecule has 28 heavy (non-hydrogen) atoms. The summed E-state index contributed by atoms with van der Waals surface area (Å²) in [5, 5.41) is 11.5. The number of hydrogen-bond acceptors (Lipinski definition) is 2. The molecule has 4 rings (SSSR count). The summed E-state index contributed by atoms with van der Waals surface area (Å²) in [7, 11) is 2.08. The Labute approximate surface area is 165 Å². The number of hydrogen-bond donors (Lipinski definition) is 0. The Bertz CT molecular complexity index is 1280. The van der Waals surface area contributed by atoms with Crippen LogP contribution < -0.4 is 4.57 Å². The Morgan fingerprint density at radius 3 is 2.36 bits per heavy atom. The number of fused-ring (bicyclic) bond motifs is 3. The molecule has 0 fully saturated rings. The highest BCUT2D eigenvalue weighted by molar-refractivity contribution is 6.10. The highest BCUT2D eigenvalue weighted by Crippen LogP contribution is 2.39. The van der Waals surface area contributed by atoms with E-state index in [1.165, 1.54) is 11.1 Å². The van der Waals surface area contributed by atoms with E-state index in [0.29, 0.717) is 11.1 Å². The van der Waals surface area contributed by atoms with Crippen LogP contribution in [0, 0.1) is 25.2 Å². The lowest BCUT2D eigenvalue weighted by Crippen LogP contribution is -2.33. The molecule has 0 N–H and O–H groups in total. The zero-order valence-corrected chi connectivity index (χ0v) is 17.3. The molecule has 0 unspecified atom stereocenters. The maximum atomic E-state index is 9.49. The molecule has 0 saturated heterocycles. The van der Waals surface area contributed by atoms with Gasteiger partial charge in [-0.15, -0.1) is 0 Å². The minimum absolute atomic E-state index is 0.0523. The molecule has 2 aromatic heterocycles. The number of aromatic nitrogens is 1. The van der Waals surface area contributed by atoms with Crippen LogP contribution >= 0.6 is 0 Å². The smallest absolute Gasteiger partial charge is 0.216 e. The number of nitriles is 1. The second-order valence-electron chi connectivity index (χ2n) is 8.65. The fourth-order valence-corrected chi connectivity index (χ4v) is 4.21. The summed E-state index contributed by atoms with van der Waals surface area (Å²) in [6, 6.07) is 14.5. The van der Waals surface area contributed by atoms with Crippen molar-refractivity contribution in [3.63, 3.8) is 0 Å². The predicted molar refractivity (Wildman–Crippen MR) is 113 cm³/mol. The van der Waals surface area contributed by atoms with E-state index in [2.05, 4.69) is 76.7 Å². The van der Waals surface area contributed by atoms with E-state index < -0.39 is 0 Å². The second kappa shape index (κ2) is 6.21. The van der Waals surface area contributed by atoms with Gasteiger partial charge >= 0.3 is 0 Å². The van der Waals surface area contributed by atoms with Gasteiger partial charge in [-0.25, -0.2) is 4.57 Å². The van der Waals surface area contributed by atoms with E-state index in [0.717, 1.165) is 33.2 Å². The van der Waals surface area contributed by atoms with Crippen LogP contribution in [0.1, 0.15) is 43.0 Å². The lowest BCUT2D eigenvalue weighted by atomic mass is 9.83. The topological polar surface area (TPSA) is 40.8 Å². The van der Waals surface area contributed by atoms with Crippen LogP contribution in [0.3, 0.4) is 0 Å². The van der Waals surface area contributed by atoms with Gasteiger partial charge < -0.3 is 4.42 Å². The number of rotatable bonds is 1. The van der Waals surface area contributed by atoms with Gasteiger partial charge in [0.2, 0.25) is 5.69 Å². The van der Waals surface area contributed by atoms with Crippen LogP contribution in [0.15, 0.2) is 47.0 Å². The van der Waals surface area contributed by atoms with E-state index in [4.69, 9.17) is 4.42 Å². The minimum atomic E-state index is 0.0523. The van der Waals surface area contributed by atoms with Crippen molar-refractivity contribution in [2.45, 2.75) is 40.0 Å². The number of para-hydroxylation sites is 1. The summed E-state index contributed by atoms with van der Waals surface area (Å²) in [4.78, 5) is 0. The number of furan rings is 1. The molecule has 2 heterocycles. The van der Waals surface area contributed by atoms with Gasteiger partial charge in [0.05, 0.1) is 11.1 Å². The van der Waals surface area contributed by atoms with Gasteiger partial charge in [-0.3, -0.25) is 0 Å². The second-order valence-corrected chi connectivity index (χ2v) is 8.65.